The first-order chi connectivity index (χ1) is 12.1. The lowest BCUT2D eigenvalue weighted by Gasteiger charge is -2.33. The topological polar surface area (TPSA) is 91.7 Å². The van der Waals surface area contributed by atoms with E-state index in [4.69, 9.17) is 10.2 Å². The molecule has 1 saturated heterocycles. The van der Waals surface area contributed by atoms with E-state index in [1.54, 1.807) is 18.4 Å². The number of rotatable bonds is 7. The lowest BCUT2D eigenvalue weighted by Crippen LogP contribution is -2.51. The van der Waals surface area contributed by atoms with Crippen molar-refractivity contribution < 1.29 is 14.3 Å². The number of nitrogens with zero attached hydrogens (tertiary/aromatic N) is 1. The highest BCUT2D eigenvalue weighted by Crippen LogP contribution is 2.16. The van der Waals surface area contributed by atoms with Gasteiger partial charge in [-0.1, -0.05) is 12.1 Å². The van der Waals surface area contributed by atoms with Crippen LogP contribution in [-0.2, 0) is 17.8 Å². The Kier molecular flexibility index (Phi) is 5.73. The van der Waals surface area contributed by atoms with E-state index in [9.17, 15) is 9.90 Å². The maximum absolute atomic E-state index is 11.8. The van der Waals surface area contributed by atoms with Gasteiger partial charge in [-0.25, -0.2) is 0 Å². The molecular formula is C19H25N3O3. The maximum Gasteiger partial charge on any atom is 0.234 e. The van der Waals surface area contributed by atoms with Crippen molar-refractivity contribution in [3.63, 3.8) is 0 Å². The SMILES string of the molecule is NC(=O)[C@H](Cc1ccc(O)cc1)NC1CCN(Cc2ccco2)CC1. The molecule has 0 radical (unpaired) electrons. The van der Waals surface area contributed by atoms with Gasteiger partial charge in [-0.05, 0) is 49.1 Å². The summed E-state index contributed by atoms with van der Waals surface area (Å²) in [6.45, 7) is 2.75. The minimum atomic E-state index is -0.397. The predicted molar refractivity (Wildman–Crippen MR) is 94.9 cm³/mol. The van der Waals surface area contributed by atoms with Crippen LogP contribution in [0, 0.1) is 0 Å². The third-order valence-corrected chi connectivity index (χ3v) is 4.70. The summed E-state index contributed by atoms with van der Waals surface area (Å²) in [7, 11) is 0. The van der Waals surface area contributed by atoms with Crippen LogP contribution in [0.5, 0.6) is 5.75 Å². The standard InChI is InChI=1S/C19H25N3O3/c20-19(24)18(12-14-3-5-16(23)6-4-14)21-15-7-9-22(10-8-15)13-17-2-1-11-25-17/h1-6,11,15,18,21,23H,7-10,12-13H2,(H2,20,24)/t18-/m0/s1. The molecule has 134 valence electrons. The van der Waals surface area contributed by atoms with E-state index in [1.807, 2.05) is 24.3 Å². The number of benzene rings is 1. The van der Waals surface area contributed by atoms with Gasteiger partial charge in [-0.15, -0.1) is 0 Å². The summed E-state index contributed by atoms with van der Waals surface area (Å²) in [6.07, 6.45) is 4.17. The molecule has 0 aliphatic carbocycles. The molecule has 1 aromatic carbocycles. The van der Waals surface area contributed by atoms with Gasteiger partial charge in [-0.3, -0.25) is 9.69 Å². The number of likely N-dealkylation sites (tertiary alicyclic amines) is 1. The zero-order valence-electron chi connectivity index (χ0n) is 14.2. The Morgan fingerprint density at radius 2 is 2.00 bits per heavy atom. The fraction of sp³-hybridized carbons (Fsp3) is 0.421. The van der Waals surface area contributed by atoms with Gasteiger partial charge >= 0.3 is 0 Å². The second-order valence-corrected chi connectivity index (χ2v) is 6.62. The number of aromatic hydroxyl groups is 1. The molecule has 0 saturated carbocycles. The highest BCUT2D eigenvalue weighted by molar-refractivity contribution is 5.80. The van der Waals surface area contributed by atoms with Gasteiger partial charge in [0.2, 0.25) is 5.91 Å². The molecule has 1 fully saturated rings. The quantitative estimate of drug-likeness (QED) is 0.711. The summed E-state index contributed by atoms with van der Waals surface area (Å²) in [5.74, 6) is 0.858. The normalized spacial score (nSPS) is 17.4. The fourth-order valence-electron chi connectivity index (χ4n) is 3.27. The van der Waals surface area contributed by atoms with Gasteiger partial charge in [0.05, 0.1) is 18.8 Å². The summed E-state index contributed by atoms with van der Waals surface area (Å²) in [5.41, 5.74) is 6.55. The number of hydrogen-bond donors (Lipinski definition) is 3. The molecule has 1 aliphatic heterocycles. The molecule has 2 heterocycles. The number of phenols is 1. The fourth-order valence-corrected chi connectivity index (χ4v) is 3.27. The van der Waals surface area contributed by atoms with Crippen molar-refractivity contribution in [1.82, 2.24) is 10.2 Å². The Morgan fingerprint density at radius 1 is 1.28 bits per heavy atom. The smallest absolute Gasteiger partial charge is 0.234 e. The van der Waals surface area contributed by atoms with Crippen molar-refractivity contribution in [2.45, 2.75) is 37.9 Å². The van der Waals surface area contributed by atoms with Gasteiger partial charge in [0, 0.05) is 19.1 Å². The summed E-state index contributed by atoms with van der Waals surface area (Å²) >= 11 is 0. The number of nitrogens with one attached hydrogen (secondary N) is 1. The maximum atomic E-state index is 11.8. The number of carbonyl (C=O) groups excluding carboxylic acids is 1. The molecule has 0 unspecified atom stereocenters. The van der Waals surface area contributed by atoms with Crippen LogP contribution >= 0.6 is 0 Å². The molecule has 0 spiro atoms. The second-order valence-electron chi connectivity index (χ2n) is 6.62. The van der Waals surface area contributed by atoms with E-state index in [0.717, 1.165) is 43.8 Å². The number of carbonyl (C=O) groups is 1. The number of nitrogens with two attached hydrogens (primary N) is 1. The van der Waals surface area contributed by atoms with Crippen LogP contribution < -0.4 is 11.1 Å². The summed E-state index contributed by atoms with van der Waals surface area (Å²) in [6, 6.07) is 10.7. The number of hydrogen-bond acceptors (Lipinski definition) is 5. The third-order valence-electron chi connectivity index (χ3n) is 4.70. The van der Waals surface area contributed by atoms with Gasteiger partial charge in [0.25, 0.3) is 0 Å². The van der Waals surface area contributed by atoms with E-state index in [2.05, 4.69) is 10.2 Å². The Labute approximate surface area is 147 Å². The number of piperidine rings is 1. The Hall–Kier alpha value is -2.31. The Bertz CT molecular complexity index is 662. The molecule has 4 N–H and O–H groups in total. The molecule has 1 atom stereocenters. The van der Waals surface area contributed by atoms with Gasteiger partial charge in [0.1, 0.15) is 11.5 Å². The largest absolute Gasteiger partial charge is 0.508 e. The molecule has 2 aromatic rings. The number of amides is 1. The monoisotopic (exact) mass is 343 g/mol. The first-order valence-corrected chi connectivity index (χ1v) is 8.68. The third kappa shape index (κ3) is 5.08. The Morgan fingerprint density at radius 3 is 2.60 bits per heavy atom. The average molecular weight is 343 g/mol. The lowest BCUT2D eigenvalue weighted by molar-refractivity contribution is -0.120. The molecule has 3 rings (SSSR count). The predicted octanol–water partition coefficient (Wildman–Crippen LogP) is 1.64. The van der Waals surface area contributed by atoms with Crippen molar-refractivity contribution in [3.8, 4) is 5.75 Å². The zero-order chi connectivity index (χ0) is 17.6. The molecule has 25 heavy (non-hydrogen) atoms. The summed E-state index contributed by atoms with van der Waals surface area (Å²) < 4.78 is 5.40. The van der Waals surface area contributed by atoms with Crippen LogP contribution in [0.3, 0.4) is 0 Å². The van der Waals surface area contributed by atoms with Crippen LogP contribution in [-0.4, -0.2) is 41.1 Å². The number of phenolic OH excluding ortho intramolecular Hbond substituents is 1. The van der Waals surface area contributed by atoms with Crippen molar-refractivity contribution in [2.24, 2.45) is 5.73 Å². The molecule has 1 amide bonds. The first kappa shape index (κ1) is 17.5. The average Bonchev–Trinajstić information content (AvgIpc) is 3.11. The van der Waals surface area contributed by atoms with Crippen molar-refractivity contribution in [3.05, 3.63) is 54.0 Å². The Balaban J connectivity index is 1.49. The molecular weight excluding hydrogens is 318 g/mol. The summed E-state index contributed by atoms with van der Waals surface area (Å²) in [4.78, 5) is 14.2. The van der Waals surface area contributed by atoms with Crippen LogP contribution in [0.1, 0.15) is 24.2 Å². The van der Waals surface area contributed by atoms with Crippen LogP contribution in [0.2, 0.25) is 0 Å². The molecule has 1 aromatic heterocycles. The minimum absolute atomic E-state index is 0.219. The molecule has 6 nitrogen and oxygen atoms in total. The van der Waals surface area contributed by atoms with Gasteiger partial charge < -0.3 is 20.6 Å². The van der Waals surface area contributed by atoms with E-state index in [-0.39, 0.29) is 17.7 Å². The molecule has 6 heteroatoms. The second kappa shape index (κ2) is 8.18. The first-order valence-electron chi connectivity index (χ1n) is 8.68. The van der Waals surface area contributed by atoms with Gasteiger partial charge in [0.15, 0.2) is 0 Å². The van der Waals surface area contributed by atoms with Crippen molar-refractivity contribution >= 4 is 5.91 Å². The van der Waals surface area contributed by atoms with Crippen LogP contribution in [0.15, 0.2) is 47.1 Å². The van der Waals surface area contributed by atoms with Gasteiger partial charge in [-0.2, -0.15) is 0 Å². The van der Waals surface area contributed by atoms with Crippen molar-refractivity contribution in [2.75, 3.05) is 13.1 Å². The van der Waals surface area contributed by atoms with Crippen molar-refractivity contribution in [1.29, 1.82) is 0 Å². The number of furan rings is 1. The highest BCUT2D eigenvalue weighted by Gasteiger charge is 2.24. The molecule has 0 bridgehead atoms. The van der Waals surface area contributed by atoms with E-state index in [1.165, 1.54) is 0 Å². The van der Waals surface area contributed by atoms with E-state index in [0.29, 0.717) is 6.42 Å². The zero-order valence-corrected chi connectivity index (χ0v) is 14.2. The van der Waals surface area contributed by atoms with E-state index >= 15 is 0 Å². The van der Waals surface area contributed by atoms with E-state index < -0.39 is 6.04 Å². The lowest BCUT2D eigenvalue weighted by atomic mass is 10.00. The van der Waals surface area contributed by atoms with Crippen LogP contribution in [0.4, 0.5) is 0 Å². The van der Waals surface area contributed by atoms with Crippen LogP contribution in [0.25, 0.3) is 0 Å². The number of primary amides is 1. The highest BCUT2D eigenvalue weighted by atomic mass is 16.3. The minimum Gasteiger partial charge on any atom is -0.508 e. The summed E-state index contributed by atoms with van der Waals surface area (Å²) in [5, 5.41) is 12.8. The molecule has 1 aliphatic rings.